The lowest BCUT2D eigenvalue weighted by Gasteiger charge is -2.00. The van der Waals surface area contributed by atoms with Gasteiger partial charge in [-0.1, -0.05) is 30.0 Å². The summed E-state index contributed by atoms with van der Waals surface area (Å²) in [4.78, 5) is 22.3. The second-order valence-electron chi connectivity index (χ2n) is 4.87. The van der Waals surface area contributed by atoms with E-state index in [2.05, 4.69) is 10.2 Å². The van der Waals surface area contributed by atoms with Gasteiger partial charge < -0.3 is 4.42 Å². The van der Waals surface area contributed by atoms with Crippen LogP contribution in [-0.4, -0.2) is 26.7 Å². The van der Waals surface area contributed by atoms with Gasteiger partial charge >= 0.3 is 0 Å². The fourth-order valence-corrected chi connectivity index (χ4v) is 2.68. The summed E-state index contributed by atoms with van der Waals surface area (Å²) < 4.78 is 19.0. The zero-order valence-corrected chi connectivity index (χ0v) is 13.4. The molecule has 0 aliphatic carbocycles. The number of hydrogen-bond donors (Lipinski definition) is 0. The average Bonchev–Trinajstić information content (AvgIpc) is 3.09. The van der Waals surface area contributed by atoms with Crippen LogP contribution in [0.25, 0.3) is 11.5 Å². The minimum absolute atomic E-state index is 0.00609. The minimum Gasteiger partial charge on any atom is -0.411 e. The SMILES string of the molecule is O=C(CSc1nnc(-c2cccc([N+](=O)[O-])c2)o1)c1ccccc1F. The molecule has 3 rings (SSSR count). The molecule has 25 heavy (non-hydrogen) atoms. The maximum atomic E-state index is 13.6. The van der Waals surface area contributed by atoms with Crippen molar-refractivity contribution in [1.29, 1.82) is 0 Å². The monoisotopic (exact) mass is 359 g/mol. The molecule has 0 bridgehead atoms. The van der Waals surface area contributed by atoms with Crippen molar-refractivity contribution in [1.82, 2.24) is 10.2 Å². The largest absolute Gasteiger partial charge is 0.411 e. The Morgan fingerprint density at radius 2 is 2.00 bits per heavy atom. The van der Waals surface area contributed by atoms with Gasteiger partial charge in [-0.15, -0.1) is 10.2 Å². The van der Waals surface area contributed by atoms with E-state index in [1.807, 2.05) is 0 Å². The summed E-state index contributed by atoms with van der Waals surface area (Å²) >= 11 is 0.968. The summed E-state index contributed by atoms with van der Waals surface area (Å²) in [6, 6.07) is 11.5. The molecule has 0 atom stereocenters. The molecule has 1 heterocycles. The van der Waals surface area contributed by atoms with Crippen molar-refractivity contribution in [3.05, 3.63) is 70.0 Å². The van der Waals surface area contributed by atoms with Crippen LogP contribution < -0.4 is 0 Å². The van der Waals surface area contributed by atoms with E-state index in [0.717, 1.165) is 11.8 Å². The van der Waals surface area contributed by atoms with Crippen LogP contribution in [0.2, 0.25) is 0 Å². The van der Waals surface area contributed by atoms with Crippen LogP contribution in [0.15, 0.2) is 58.2 Å². The zero-order valence-electron chi connectivity index (χ0n) is 12.6. The van der Waals surface area contributed by atoms with Crippen molar-refractivity contribution in [2.75, 3.05) is 5.75 Å². The molecule has 0 aliphatic rings. The van der Waals surface area contributed by atoms with Gasteiger partial charge in [0.1, 0.15) is 5.82 Å². The summed E-state index contributed by atoms with van der Waals surface area (Å²) in [5, 5.41) is 18.5. The maximum Gasteiger partial charge on any atom is 0.277 e. The maximum absolute atomic E-state index is 13.6. The first kappa shape index (κ1) is 16.8. The highest BCUT2D eigenvalue weighted by atomic mass is 32.2. The Morgan fingerprint density at radius 1 is 1.20 bits per heavy atom. The van der Waals surface area contributed by atoms with Gasteiger partial charge in [0.25, 0.3) is 10.9 Å². The number of hydrogen-bond acceptors (Lipinski definition) is 7. The molecule has 1 aromatic heterocycles. The second kappa shape index (κ2) is 7.22. The summed E-state index contributed by atoms with van der Waals surface area (Å²) in [6.07, 6.45) is 0. The van der Waals surface area contributed by atoms with Gasteiger partial charge in [-0.2, -0.15) is 0 Å². The number of Topliss-reactive ketones (excluding diaryl/α,β-unsaturated/α-hetero) is 1. The predicted octanol–water partition coefficient (Wildman–Crippen LogP) is 3.76. The molecular formula is C16H10FN3O4S. The van der Waals surface area contributed by atoms with Crippen molar-refractivity contribution in [2.24, 2.45) is 0 Å². The Labute approximate surface area is 145 Å². The number of carbonyl (C=O) groups excluding carboxylic acids is 1. The highest BCUT2D eigenvalue weighted by Gasteiger charge is 2.16. The van der Waals surface area contributed by atoms with Crippen LogP contribution in [0.4, 0.5) is 10.1 Å². The van der Waals surface area contributed by atoms with Crippen molar-refractivity contribution in [3.8, 4) is 11.5 Å². The molecule has 3 aromatic rings. The topological polar surface area (TPSA) is 99.1 Å². The normalized spacial score (nSPS) is 10.6. The quantitative estimate of drug-likeness (QED) is 0.286. The van der Waals surface area contributed by atoms with Gasteiger partial charge in [-0.05, 0) is 18.2 Å². The van der Waals surface area contributed by atoms with Crippen molar-refractivity contribution in [3.63, 3.8) is 0 Å². The molecule has 0 amide bonds. The van der Waals surface area contributed by atoms with Crippen LogP contribution in [0.5, 0.6) is 0 Å². The van der Waals surface area contributed by atoms with Gasteiger partial charge in [-0.3, -0.25) is 14.9 Å². The third kappa shape index (κ3) is 3.89. The highest BCUT2D eigenvalue weighted by Crippen LogP contribution is 2.26. The van der Waals surface area contributed by atoms with Gasteiger partial charge in [0.2, 0.25) is 5.89 Å². The summed E-state index contributed by atoms with van der Waals surface area (Å²) in [7, 11) is 0. The van der Waals surface area contributed by atoms with Gasteiger partial charge in [-0.25, -0.2) is 4.39 Å². The molecule has 2 aromatic carbocycles. The Hall–Kier alpha value is -3.07. The number of carbonyl (C=O) groups is 1. The first-order valence-electron chi connectivity index (χ1n) is 7.03. The first-order valence-corrected chi connectivity index (χ1v) is 8.02. The van der Waals surface area contributed by atoms with Crippen LogP contribution in [0.3, 0.4) is 0 Å². The lowest BCUT2D eigenvalue weighted by Crippen LogP contribution is -2.04. The van der Waals surface area contributed by atoms with Crippen LogP contribution in [0.1, 0.15) is 10.4 Å². The molecule has 0 saturated carbocycles. The van der Waals surface area contributed by atoms with E-state index >= 15 is 0 Å². The van der Waals surface area contributed by atoms with E-state index in [0.29, 0.717) is 5.56 Å². The van der Waals surface area contributed by atoms with Crippen molar-refractivity contribution < 1.29 is 18.5 Å². The summed E-state index contributed by atoms with van der Waals surface area (Å²) in [6.45, 7) is 0. The highest BCUT2D eigenvalue weighted by molar-refractivity contribution is 7.99. The van der Waals surface area contributed by atoms with Crippen molar-refractivity contribution >= 4 is 23.2 Å². The standard InChI is InChI=1S/C16H10FN3O4S/c17-13-7-2-1-6-12(13)14(21)9-25-16-19-18-15(24-16)10-4-3-5-11(8-10)20(22)23/h1-8H,9H2. The van der Waals surface area contributed by atoms with E-state index in [1.165, 1.54) is 36.4 Å². The second-order valence-corrected chi connectivity index (χ2v) is 5.80. The molecule has 0 spiro atoms. The number of nitro benzene ring substituents is 1. The first-order chi connectivity index (χ1) is 12.0. The van der Waals surface area contributed by atoms with E-state index in [9.17, 15) is 19.3 Å². The number of ketones is 1. The molecule has 0 radical (unpaired) electrons. The molecule has 0 fully saturated rings. The minimum atomic E-state index is -0.587. The van der Waals surface area contributed by atoms with Gasteiger partial charge in [0, 0.05) is 17.7 Å². The molecule has 0 saturated heterocycles. The number of aromatic nitrogens is 2. The number of non-ortho nitro benzene ring substituents is 1. The predicted molar refractivity (Wildman–Crippen MR) is 87.8 cm³/mol. The van der Waals surface area contributed by atoms with Crippen LogP contribution >= 0.6 is 11.8 Å². The number of thioether (sulfide) groups is 1. The lowest BCUT2D eigenvalue weighted by molar-refractivity contribution is -0.384. The average molecular weight is 359 g/mol. The van der Waals surface area contributed by atoms with E-state index in [-0.39, 0.29) is 28.1 Å². The fourth-order valence-electron chi connectivity index (χ4n) is 2.03. The number of halogens is 1. The Morgan fingerprint density at radius 3 is 2.76 bits per heavy atom. The van der Waals surface area contributed by atoms with E-state index in [1.54, 1.807) is 12.1 Å². The Bertz CT molecular complexity index is 944. The molecule has 0 N–H and O–H groups in total. The molecule has 0 aliphatic heterocycles. The van der Waals surface area contributed by atoms with Crippen molar-refractivity contribution in [2.45, 2.75) is 5.22 Å². The molecule has 0 unspecified atom stereocenters. The van der Waals surface area contributed by atoms with Crippen LogP contribution in [0, 0.1) is 15.9 Å². The molecule has 9 heteroatoms. The molecule has 126 valence electrons. The van der Waals surface area contributed by atoms with E-state index in [4.69, 9.17) is 4.42 Å². The third-order valence-electron chi connectivity index (χ3n) is 3.21. The number of nitro groups is 1. The lowest BCUT2D eigenvalue weighted by atomic mass is 10.1. The Balaban J connectivity index is 1.70. The molecular weight excluding hydrogens is 349 g/mol. The molecule has 7 nitrogen and oxygen atoms in total. The van der Waals surface area contributed by atoms with Gasteiger partial charge in [0.15, 0.2) is 5.78 Å². The smallest absolute Gasteiger partial charge is 0.277 e. The zero-order chi connectivity index (χ0) is 17.8. The number of benzene rings is 2. The number of nitrogens with zero attached hydrogens (tertiary/aromatic N) is 3. The fraction of sp³-hybridized carbons (Fsp3) is 0.0625. The van der Waals surface area contributed by atoms with E-state index < -0.39 is 16.5 Å². The number of rotatable bonds is 6. The summed E-state index contributed by atoms with van der Waals surface area (Å²) in [5.41, 5.74) is 0.294. The third-order valence-corrected chi connectivity index (χ3v) is 4.03. The Kier molecular flexibility index (Phi) is 4.85. The summed E-state index contributed by atoms with van der Waals surface area (Å²) in [5.74, 6) is -0.962. The van der Waals surface area contributed by atoms with Gasteiger partial charge in [0.05, 0.1) is 16.2 Å². The van der Waals surface area contributed by atoms with Crippen LogP contribution in [-0.2, 0) is 0 Å².